The van der Waals surface area contributed by atoms with Gasteiger partial charge in [0, 0.05) is 23.6 Å². The van der Waals surface area contributed by atoms with Crippen molar-refractivity contribution in [3.63, 3.8) is 0 Å². The number of hydrogen-bond acceptors (Lipinski definition) is 2. The minimum absolute atomic E-state index is 0.786. The second kappa shape index (κ2) is 6.50. The summed E-state index contributed by atoms with van der Waals surface area (Å²) in [6.07, 6.45) is 2.13. The first-order valence-corrected chi connectivity index (χ1v) is 7.91. The molecule has 3 heteroatoms. The Kier molecular flexibility index (Phi) is 4.47. The molecule has 2 nitrogen and oxygen atoms in total. The smallest absolute Gasteiger partial charge is 0.122 e. The van der Waals surface area contributed by atoms with Crippen LogP contribution in [0.25, 0.3) is 11.1 Å². The van der Waals surface area contributed by atoms with Gasteiger partial charge in [-0.2, -0.15) is 0 Å². The van der Waals surface area contributed by atoms with Crippen molar-refractivity contribution < 1.29 is 4.74 Å². The van der Waals surface area contributed by atoms with Crippen LogP contribution >= 0.6 is 11.6 Å². The van der Waals surface area contributed by atoms with Crippen LogP contribution in [0.15, 0.2) is 36.4 Å². The van der Waals surface area contributed by atoms with Crippen LogP contribution in [0.4, 0.5) is 0 Å². The van der Waals surface area contributed by atoms with Crippen molar-refractivity contribution in [2.75, 3.05) is 13.2 Å². The van der Waals surface area contributed by atoms with E-state index in [-0.39, 0.29) is 0 Å². The van der Waals surface area contributed by atoms with Crippen molar-refractivity contribution in [3.8, 4) is 16.9 Å². The maximum Gasteiger partial charge on any atom is 0.122 e. The molecule has 1 N–H and O–H groups in total. The largest absolute Gasteiger partial charge is 0.493 e. The Morgan fingerprint density at radius 1 is 1.19 bits per heavy atom. The summed E-state index contributed by atoms with van der Waals surface area (Å²) in [4.78, 5) is 0. The molecule has 1 heterocycles. The van der Waals surface area contributed by atoms with E-state index < -0.39 is 0 Å². The van der Waals surface area contributed by atoms with Gasteiger partial charge in [0.15, 0.2) is 0 Å². The van der Waals surface area contributed by atoms with Gasteiger partial charge in [-0.3, -0.25) is 0 Å². The zero-order valence-corrected chi connectivity index (χ0v) is 13.0. The molecule has 0 saturated heterocycles. The zero-order chi connectivity index (χ0) is 14.7. The first-order valence-electron chi connectivity index (χ1n) is 7.53. The highest BCUT2D eigenvalue weighted by Crippen LogP contribution is 2.34. The van der Waals surface area contributed by atoms with E-state index >= 15 is 0 Å². The monoisotopic (exact) mass is 301 g/mol. The fourth-order valence-corrected chi connectivity index (χ4v) is 2.98. The maximum atomic E-state index is 6.47. The van der Waals surface area contributed by atoms with Gasteiger partial charge in [-0.15, -0.1) is 0 Å². The summed E-state index contributed by atoms with van der Waals surface area (Å²) in [5, 5.41) is 4.21. The number of fused-ring (bicyclic) bond motifs is 1. The van der Waals surface area contributed by atoms with Gasteiger partial charge in [-0.1, -0.05) is 36.7 Å². The Balaban J connectivity index is 1.82. The highest BCUT2D eigenvalue weighted by atomic mass is 35.5. The summed E-state index contributed by atoms with van der Waals surface area (Å²) in [7, 11) is 0. The number of benzene rings is 2. The summed E-state index contributed by atoms with van der Waals surface area (Å²) in [6, 6.07) is 12.6. The highest BCUT2D eigenvalue weighted by Gasteiger charge is 2.13. The number of hydrogen-bond donors (Lipinski definition) is 1. The van der Waals surface area contributed by atoms with Gasteiger partial charge in [-0.25, -0.2) is 0 Å². The summed E-state index contributed by atoms with van der Waals surface area (Å²) in [5.74, 6) is 1.01. The minimum Gasteiger partial charge on any atom is -0.493 e. The molecule has 2 aromatic rings. The van der Waals surface area contributed by atoms with E-state index in [1.807, 2.05) is 6.07 Å². The Morgan fingerprint density at radius 3 is 2.90 bits per heavy atom. The van der Waals surface area contributed by atoms with Crippen molar-refractivity contribution in [1.82, 2.24) is 5.32 Å². The van der Waals surface area contributed by atoms with E-state index in [0.29, 0.717) is 0 Å². The van der Waals surface area contributed by atoms with Gasteiger partial charge >= 0.3 is 0 Å². The second-order valence-electron chi connectivity index (χ2n) is 5.41. The molecular formula is C18H20ClNO. The molecule has 0 saturated carbocycles. The third-order valence-electron chi connectivity index (χ3n) is 3.79. The number of rotatable bonds is 5. The Bertz CT molecular complexity index is 639. The average Bonchev–Trinajstić information content (AvgIpc) is 2.95. The van der Waals surface area contributed by atoms with Crippen molar-refractivity contribution in [1.29, 1.82) is 0 Å². The van der Waals surface area contributed by atoms with Crippen LogP contribution in [0, 0.1) is 0 Å². The van der Waals surface area contributed by atoms with Gasteiger partial charge in [0.2, 0.25) is 0 Å². The summed E-state index contributed by atoms with van der Waals surface area (Å²) >= 11 is 6.47. The third-order valence-corrected chi connectivity index (χ3v) is 4.10. The molecule has 0 radical (unpaired) electrons. The van der Waals surface area contributed by atoms with Crippen LogP contribution in [0.3, 0.4) is 0 Å². The Hall–Kier alpha value is -1.51. The van der Waals surface area contributed by atoms with Gasteiger partial charge in [0.25, 0.3) is 0 Å². The van der Waals surface area contributed by atoms with Crippen LogP contribution in [-0.2, 0) is 13.0 Å². The predicted octanol–water partition coefficient (Wildman–Crippen LogP) is 4.44. The van der Waals surface area contributed by atoms with Crippen LogP contribution in [0.5, 0.6) is 5.75 Å². The number of halogens is 1. The molecule has 1 aliphatic heterocycles. The van der Waals surface area contributed by atoms with E-state index in [1.54, 1.807) is 0 Å². The molecule has 0 fully saturated rings. The molecular weight excluding hydrogens is 282 g/mol. The molecule has 110 valence electrons. The number of nitrogens with one attached hydrogen (secondary N) is 1. The fraction of sp³-hybridized carbons (Fsp3) is 0.333. The maximum absolute atomic E-state index is 6.47. The summed E-state index contributed by atoms with van der Waals surface area (Å²) in [5.41, 5.74) is 4.75. The van der Waals surface area contributed by atoms with E-state index in [9.17, 15) is 0 Å². The lowest BCUT2D eigenvalue weighted by atomic mass is 10.0. The average molecular weight is 302 g/mol. The first kappa shape index (κ1) is 14.4. The quantitative estimate of drug-likeness (QED) is 0.824. The van der Waals surface area contributed by atoms with Crippen molar-refractivity contribution in [2.45, 2.75) is 26.3 Å². The van der Waals surface area contributed by atoms with Crippen LogP contribution in [0.1, 0.15) is 24.5 Å². The van der Waals surface area contributed by atoms with E-state index in [1.165, 1.54) is 11.1 Å². The Labute approximate surface area is 131 Å². The standard InChI is InChI=1S/C18H20ClNO/c1-2-8-20-12-13-3-5-16(17(19)10-13)14-4-6-18-15(11-14)7-9-21-18/h3-6,10-11,20H,2,7-9,12H2,1H3. The highest BCUT2D eigenvalue weighted by molar-refractivity contribution is 6.33. The van der Waals surface area contributed by atoms with Gasteiger partial charge in [0.05, 0.1) is 6.61 Å². The fourth-order valence-electron chi connectivity index (χ4n) is 2.67. The molecule has 0 aliphatic carbocycles. The molecule has 0 atom stereocenters. The molecule has 3 rings (SSSR count). The second-order valence-corrected chi connectivity index (χ2v) is 5.82. The molecule has 2 aromatic carbocycles. The summed E-state index contributed by atoms with van der Waals surface area (Å²) in [6.45, 7) is 4.85. The van der Waals surface area contributed by atoms with Crippen molar-refractivity contribution in [3.05, 3.63) is 52.5 Å². The lowest BCUT2D eigenvalue weighted by molar-refractivity contribution is 0.357. The molecule has 0 amide bonds. The summed E-state index contributed by atoms with van der Waals surface area (Å²) < 4.78 is 5.55. The molecule has 0 spiro atoms. The topological polar surface area (TPSA) is 21.3 Å². The van der Waals surface area contributed by atoms with E-state index in [0.717, 1.165) is 54.4 Å². The normalized spacial score (nSPS) is 13.0. The third kappa shape index (κ3) is 3.22. The predicted molar refractivity (Wildman–Crippen MR) is 88.1 cm³/mol. The molecule has 1 aliphatic rings. The SMILES string of the molecule is CCCNCc1ccc(-c2ccc3c(c2)CCO3)c(Cl)c1. The van der Waals surface area contributed by atoms with Crippen molar-refractivity contribution >= 4 is 11.6 Å². The van der Waals surface area contributed by atoms with Crippen molar-refractivity contribution in [2.24, 2.45) is 0 Å². The lowest BCUT2D eigenvalue weighted by Crippen LogP contribution is -2.13. The zero-order valence-electron chi connectivity index (χ0n) is 12.3. The molecule has 0 bridgehead atoms. The molecule has 21 heavy (non-hydrogen) atoms. The van der Waals surface area contributed by atoms with E-state index in [2.05, 4.69) is 42.6 Å². The van der Waals surface area contributed by atoms with Crippen LogP contribution in [-0.4, -0.2) is 13.2 Å². The molecule has 0 aromatic heterocycles. The van der Waals surface area contributed by atoms with Gasteiger partial charge in [-0.05, 0) is 47.9 Å². The molecule has 0 unspecified atom stereocenters. The first-order chi connectivity index (χ1) is 10.3. The van der Waals surface area contributed by atoms with E-state index in [4.69, 9.17) is 16.3 Å². The number of ether oxygens (including phenoxy) is 1. The van der Waals surface area contributed by atoms with Crippen LogP contribution < -0.4 is 10.1 Å². The van der Waals surface area contributed by atoms with Gasteiger partial charge < -0.3 is 10.1 Å². The van der Waals surface area contributed by atoms with Crippen LogP contribution in [0.2, 0.25) is 5.02 Å². The minimum atomic E-state index is 0.786. The van der Waals surface area contributed by atoms with Gasteiger partial charge in [0.1, 0.15) is 5.75 Å². The Morgan fingerprint density at radius 2 is 2.10 bits per heavy atom. The lowest BCUT2D eigenvalue weighted by Gasteiger charge is -2.09.